The summed E-state index contributed by atoms with van der Waals surface area (Å²) in [4.78, 5) is 91.4. The lowest BCUT2D eigenvalue weighted by molar-refractivity contribution is -0.144. The van der Waals surface area contributed by atoms with Crippen LogP contribution in [0.1, 0.15) is 106 Å². The van der Waals surface area contributed by atoms with Crippen LogP contribution in [-0.4, -0.2) is 269 Å². The molecule has 6 saturated heterocycles. The fraction of sp³-hybridized carbons (Fsp3) is 0.518. The van der Waals surface area contributed by atoms with E-state index in [-0.39, 0.29) is 66.3 Å². The second kappa shape index (κ2) is 36.4. The number of ether oxygens (including phenoxy) is 1. The first-order chi connectivity index (χ1) is 54.7. The quantitative estimate of drug-likeness (QED) is 0.0226. The number of piperazine rings is 2. The van der Waals surface area contributed by atoms with Gasteiger partial charge in [0.15, 0.2) is 0 Å². The number of β-amino-alcohol motifs (C(OH)–C–C–N with tert-alkyl or cyclic N) is 1. The molecule has 5 amide bonds. The van der Waals surface area contributed by atoms with Crippen molar-refractivity contribution in [3.8, 4) is 10.4 Å². The summed E-state index contributed by atoms with van der Waals surface area (Å²) in [7, 11) is -11.0. The highest BCUT2D eigenvalue weighted by atomic mass is 35.5. The minimum atomic E-state index is -6.11. The van der Waals surface area contributed by atoms with E-state index < -0.39 is 82.3 Å². The van der Waals surface area contributed by atoms with E-state index in [9.17, 15) is 59.1 Å². The molecule has 24 nitrogen and oxygen atoms in total. The topological polar surface area (TPSA) is 270 Å². The maximum absolute atomic E-state index is 14.5. The Hall–Kier alpha value is -7.53. The highest BCUT2D eigenvalue weighted by Crippen LogP contribution is 2.45. The number of benzene rings is 5. The van der Waals surface area contributed by atoms with Crippen molar-refractivity contribution in [2.24, 2.45) is 10.8 Å². The van der Waals surface area contributed by atoms with Crippen LogP contribution >= 0.6 is 34.7 Å². The number of halogens is 4. The summed E-state index contributed by atoms with van der Waals surface area (Å²) in [6, 6.07) is 31.6. The number of hydrogen-bond acceptors (Lipinski definition) is 21. The largest absolute Gasteiger partial charge is 0.501 e. The number of piperidine rings is 1. The number of morpholine rings is 1. The Bertz CT molecular complexity index is 4720. The molecular weight excluding hydrogens is 1580 g/mol. The predicted octanol–water partition coefficient (Wildman–Crippen LogP) is 9.52. The number of amides is 5. The number of anilines is 2. The van der Waals surface area contributed by atoms with Crippen LogP contribution in [0, 0.1) is 17.8 Å². The average molecular weight is 1680 g/mol. The van der Waals surface area contributed by atoms with Crippen molar-refractivity contribution < 1.29 is 63.8 Å². The third kappa shape index (κ3) is 21.1. The molecule has 620 valence electrons. The molecule has 1 aliphatic carbocycles. The van der Waals surface area contributed by atoms with Crippen LogP contribution in [0.25, 0.3) is 16.0 Å². The number of fused-ring (bicyclic) bond motifs is 1. The van der Waals surface area contributed by atoms with Gasteiger partial charge in [0.25, 0.3) is 25.8 Å². The van der Waals surface area contributed by atoms with Crippen LogP contribution in [-0.2, 0) is 43.8 Å². The fourth-order valence-electron chi connectivity index (χ4n) is 16.9. The number of thioether (sulfide) groups is 1. The first-order valence-corrected chi connectivity index (χ1v) is 44.8. The highest BCUT2D eigenvalue weighted by Gasteiger charge is 2.53. The monoisotopic (exact) mass is 1680 g/mol. The van der Waals surface area contributed by atoms with Crippen molar-refractivity contribution in [1.29, 1.82) is 0 Å². The number of aliphatic hydroxyl groups excluding tert-OH is 1. The normalized spacial score (nSPS) is 23.1. The molecule has 1 aromatic heterocycles. The number of carbonyl (C=O) groups excluding carboxylic acids is 5. The van der Waals surface area contributed by atoms with Gasteiger partial charge < -0.3 is 40.5 Å². The summed E-state index contributed by atoms with van der Waals surface area (Å²) < 4.78 is 105. The van der Waals surface area contributed by atoms with Crippen LogP contribution in [0.5, 0.6) is 0 Å². The molecule has 5 aromatic carbocycles. The van der Waals surface area contributed by atoms with Crippen LogP contribution < -0.4 is 25.6 Å². The smallest absolute Gasteiger partial charge is 0.391 e. The standard InChI is InChI=1S/C83H105ClF3N13O11S4/c1-55(57-12-14-59(15-13-57)76-56(2)88-54-113-76)89-79(105)71-44-65(101)48-100(71)80(106)77(81(3,4)5)91-74(102)50-99-70-28-31-96(49-72(70)99)51-75(103)98-38-34-95(35-39-98)53-82(6)29-26-68(58-16-20-62(84)21-17-58)61(46-82)47-94-32-36-97(37-33-94)64-22-18-60(19-23-64)78(104)92-115(109,110)67-24-25-69(73(45-67)114(107,108)83(85,86)87)90-63(27-30-93-40-42-111-43-41-93)52-112-66-10-8-7-9-11-66/h7-25,45,54-55,63,65,70-72,77,90,101H,26-44,46-53H2,1-6H3,(H,89,105)(H,91,102)(H,92,104)/t55-,63+,65+,70?,71-,72?,77+,82?,99?/m0/s1. The van der Waals surface area contributed by atoms with E-state index in [1.165, 1.54) is 39.9 Å². The van der Waals surface area contributed by atoms with E-state index in [1.54, 1.807) is 23.5 Å². The number of sulfonamides is 1. The van der Waals surface area contributed by atoms with Gasteiger partial charge in [-0.1, -0.05) is 99.5 Å². The maximum atomic E-state index is 14.5. The third-order valence-electron chi connectivity index (χ3n) is 23.5. The van der Waals surface area contributed by atoms with Gasteiger partial charge in [-0.25, -0.2) is 26.5 Å². The molecule has 13 rings (SSSR count). The van der Waals surface area contributed by atoms with Crippen molar-refractivity contribution >= 4 is 101 Å². The van der Waals surface area contributed by atoms with Gasteiger partial charge in [0, 0.05) is 156 Å². The van der Waals surface area contributed by atoms with E-state index in [2.05, 4.69) is 69.4 Å². The van der Waals surface area contributed by atoms with Gasteiger partial charge in [0.1, 0.15) is 17.0 Å². The summed E-state index contributed by atoms with van der Waals surface area (Å²) in [5.41, 5.74) is 2.32. The van der Waals surface area contributed by atoms with Crippen LogP contribution in [0.15, 0.2) is 147 Å². The molecule has 6 aliphatic heterocycles. The Kier molecular flexibility index (Phi) is 27.0. The summed E-state index contributed by atoms with van der Waals surface area (Å²) in [5.74, 6) is -1.72. The molecule has 9 atom stereocenters. The van der Waals surface area contributed by atoms with Gasteiger partial charge in [-0.3, -0.25) is 48.5 Å². The molecule has 6 aromatic rings. The molecule has 4 unspecified atom stereocenters. The lowest BCUT2D eigenvalue weighted by Crippen LogP contribution is -2.58. The molecule has 7 heterocycles. The van der Waals surface area contributed by atoms with E-state index >= 15 is 0 Å². The lowest BCUT2D eigenvalue weighted by atomic mass is 9.71. The second-order valence-corrected chi connectivity index (χ2v) is 39.0. The summed E-state index contributed by atoms with van der Waals surface area (Å²) >= 11 is 9.42. The molecule has 0 spiro atoms. The zero-order valence-electron chi connectivity index (χ0n) is 66.0. The molecule has 0 radical (unpaired) electrons. The van der Waals surface area contributed by atoms with Crippen molar-refractivity contribution in [3.05, 3.63) is 160 Å². The average Bonchev–Trinajstić information content (AvgIpc) is 1.72. The van der Waals surface area contributed by atoms with E-state index in [0.29, 0.717) is 95.4 Å². The maximum Gasteiger partial charge on any atom is 0.501 e. The minimum absolute atomic E-state index is 0.0287. The zero-order chi connectivity index (χ0) is 81.7. The number of allylic oxidation sites excluding steroid dienone is 1. The molecule has 5 N–H and O–H groups in total. The molecule has 32 heteroatoms. The number of thiazole rings is 1. The van der Waals surface area contributed by atoms with E-state index in [1.807, 2.05) is 116 Å². The Balaban J connectivity index is 0.564. The number of nitrogens with zero attached hydrogens (tertiary/aromatic N) is 9. The molecule has 6 fully saturated rings. The molecule has 0 bridgehead atoms. The van der Waals surface area contributed by atoms with Gasteiger partial charge in [-0.05, 0) is 146 Å². The summed E-state index contributed by atoms with van der Waals surface area (Å²) in [6.07, 6.45) is 3.15. The number of rotatable bonds is 28. The summed E-state index contributed by atoms with van der Waals surface area (Å²) in [5, 5.41) is 20.6. The molecule has 7 aliphatic rings. The number of likely N-dealkylation sites (tertiary alicyclic amines) is 2. The highest BCUT2D eigenvalue weighted by molar-refractivity contribution is 7.99. The molecule has 115 heavy (non-hydrogen) atoms. The number of nitrogens with one attached hydrogen (secondary N) is 4. The first-order valence-electron chi connectivity index (χ1n) is 39.6. The van der Waals surface area contributed by atoms with Crippen LogP contribution in [0.4, 0.5) is 24.5 Å². The number of aliphatic hydroxyl groups is 1. The van der Waals surface area contributed by atoms with Gasteiger partial charge in [-0.15, -0.1) is 23.1 Å². The van der Waals surface area contributed by atoms with E-state index in [4.69, 9.17) is 16.3 Å². The van der Waals surface area contributed by atoms with Crippen molar-refractivity contribution in [2.45, 2.75) is 143 Å². The zero-order valence-corrected chi connectivity index (χ0v) is 70.0. The lowest BCUT2D eigenvalue weighted by Gasteiger charge is -2.44. The first kappa shape index (κ1) is 85.4. The number of alkyl halides is 3. The van der Waals surface area contributed by atoms with Crippen molar-refractivity contribution in [1.82, 2.24) is 54.6 Å². The Morgan fingerprint density at radius 1 is 0.774 bits per heavy atom. The van der Waals surface area contributed by atoms with Gasteiger partial charge in [0.2, 0.25) is 23.6 Å². The number of aromatic nitrogens is 1. The van der Waals surface area contributed by atoms with Gasteiger partial charge in [-0.2, -0.15) is 13.2 Å². The molecule has 0 saturated carbocycles. The number of sulfone groups is 1. The summed E-state index contributed by atoms with van der Waals surface area (Å²) in [6.45, 7) is 23.6. The van der Waals surface area contributed by atoms with Crippen LogP contribution in [0.2, 0.25) is 5.02 Å². The number of carbonyl (C=O) groups is 5. The van der Waals surface area contributed by atoms with Crippen molar-refractivity contribution in [2.75, 3.05) is 147 Å². The third-order valence-corrected chi connectivity index (χ3v) is 28.8. The Morgan fingerprint density at radius 2 is 1.46 bits per heavy atom. The number of aryl methyl sites for hydroxylation is 1. The molecular formula is C83H105ClF3N13O11S4. The second-order valence-electron chi connectivity index (χ2n) is 33.0. The minimum Gasteiger partial charge on any atom is -0.391 e. The predicted molar refractivity (Wildman–Crippen MR) is 441 cm³/mol. The van der Waals surface area contributed by atoms with Gasteiger partial charge in [0.05, 0.1) is 65.1 Å². The fourth-order valence-corrected chi connectivity index (χ4v) is 20.9. The Labute approximate surface area is 685 Å². The van der Waals surface area contributed by atoms with E-state index in [0.717, 1.165) is 121 Å². The number of hydrogen-bond donors (Lipinski definition) is 5. The van der Waals surface area contributed by atoms with Crippen molar-refractivity contribution in [3.63, 3.8) is 0 Å². The SMILES string of the molecule is Cc1ncsc1-c1ccc([C@H](C)NC(=O)[C@@H]2C[C@@H](O)CN2C(=O)[C@@H](NC(=O)CN2C3CCN(CC(=O)N4CCN(CC5(C)CCC(c6ccc(Cl)cc6)=C(CN6CCN(c7ccc(C(=O)NS(=O)(=O)c8ccc(N[C@H](CCN9CCOCC9)CSc9ccccc9)c(S(=O)(=O)C(F)(F)F)c8)cc7)CC6)C5)CC4)CC32)C(C)(C)C)cc1. The van der Waals surface area contributed by atoms with Gasteiger partial charge >= 0.3 is 5.51 Å². The van der Waals surface area contributed by atoms with Crippen LogP contribution in [0.3, 0.4) is 0 Å². The Morgan fingerprint density at radius 3 is 2.13 bits per heavy atom.